The van der Waals surface area contributed by atoms with E-state index in [1.807, 2.05) is 39.8 Å². The molecular weight excluding hydrogens is 533 g/mol. The summed E-state index contributed by atoms with van der Waals surface area (Å²) in [5, 5.41) is 3.78. The number of anilines is 1. The van der Waals surface area contributed by atoms with Crippen molar-refractivity contribution in [2.45, 2.75) is 72.0 Å². The Bertz CT molecular complexity index is 1200. The molecule has 0 aromatic heterocycles. The third-order valence-electron chi connectivity index (χ3n) is 5.81. The molecule has 0 heterocycles. The maximum absolute atomic E-state index is 13.4. The van der Waals surface area contributed by atoms with Gasteiger partial charge in [-0.1, -0.05) is 48.3 Å². The molecule has 204 valence electrons. The molecule has 0 spiro atoms. The van der Waals surface area contributed by atoms with Crippen LogP contribution in [0.3, 0.4) is 0 Å². The van der Waals surface area contributed by atoms with E-state index in [0.717, 1.165) is 18.2 Å². The predicted molar refractivity (Wildman–Crippen MR) is 152 cm³/mol. The van der Waals surface area contributed by atoms with Crippen LogP contribution in [0.1, 0.15) is 58.6 Å². The normalized spacial score (nSPS) is 12.6. The zero-order chi connectivity index (χ0) is 28.0. The summed E-state index contributed by atoms with van der Waals surface area (Å²) < 4.78 is 26.3. The minimum Gasteiger partial charge on any atom is -0.350 e. The summed E-state index contributed by atoms with van der Waals surface area (Å²) in [4.78, 5) is 27.8. The molecule has 0 bridgehead atoms. The summed E-state index contributed by atoms with van der Waals surface area (Å²) in [6.07, 6.45) is 2.33. The number of amides is 2. The molecule has 0 aliphatic heterocycles. The highest BCUT2D eigenvalue weighted by Gasteiger charge is 2.29. The van der Waals surface area contributed by atoms with Gasteiger partial charge < -0.3 is 10.2 Å². The maximum atomic E-state index is 13.4. The summed E-state index contributed by atoms with van der Waals surface area (Å²) in [7, 11) is -3.55. The van der Waals surface area contributed by atoms with Crippen LogP contribution in [0.15, 0.2) is 42.5 Å². The predicted octanol–water partition coefficient (Wildman–Crippen LogP) is 5.43. The molecule has 0 aliphatic rings. The van der Waals surface area contributed by atoms with Gasteiger partial charge in [-0.2, -0.15) is 0 Å². The van der Waals surface area contributed by atoms with Crippen molar-refractivity contribution in [2.24, 2.45) is 0 Å². The number of carbonyl (C=O) groups excluding carboxylic acids is 2. The standard InChI is InChI=1S/C27H37Cl2N3O4S/c1-7-20-10-14-23(15-11-20)32(37(6,35)36)16-8-9-25(33)31(19(2)26(34)30-27(3,4)5)18-21-12-13-22(28)17-24(21)29/h10-15,17,19H,7-9,16,18H2,1-6H3,(H,30,34)/t19-/m1/s1. The monoisotopic (exact) mass is 569 g/mol. The summed E-state index contributed by atoms with van der Waals surface area (Å²) in [6.45, 7) is 9.55. The Labute approximate surface area is 231 Å². The molecule has 0 saturated heterocycles. The van der Waals surface area contributed by atoms with Crippen molar-refractivity contribution >= 4 is 50.7 Å². The Balaban J connectivity index is 2.22. The first-order chi connectivity index (χ1) is 17.1. The quantitative estimate of drug-likeness (QED) is 0.390. The Morgan fingerprint density at radius 2 is 1.68 bits per heavy atom. The molecule has 2 amide bonds. The van der Waals surface area contributed by atoms with E-state index in [9.17, 15) is 18.0 Å². The average molecular weight is 571 g/mol. The zero-order valence-corrected chi connectivity index (χ0v) is 24.7. The number of hydrogen-bond acceptors (Lipinski definition) is 4. The van der Waals surface area contributed by atoms with E-state index < -0.39 is 21.6 Å². The highest BCUT2D eigenvalue weighted by Crippen LogP contribution is 2.24. The Kier molecular flexibility index (Phi) is 10.9. The van der Waals surface area contributed by atoms with E-state index in [-0.39, 0.29) is 37.7 Å². The van der Waals surface area contributed by atoms with E-state index in [1.54, 1.807) is 37.3 Å². The van der Waals surface area contributed by atoms with Crippen molar-refractivity contribution in [2.75, 3.05) is 17.1 Å². The number of nitrogens with zero attached hydrogens (tertiary/aromatic N) is 2. The first-order valence-corrected chi connectivity index (χ1v) is 14.8. The minimum absolute atomic E-state index is 0.0530. The Morgan fingerprint density at radius 1 is 1.05 bits per heavy atom. The van der Waals surface area contributed by atoms with Gasteiger partial charge in [-0.3, -0.25) is 13.9 Å². The van der Waals surface area contributed by atoms with Gasteiger partial charge in [0.25, 0.3) is 0 Å². The Morgan fingerprint density at radius 3 is 2.19 bits per heavy atom. The maximum Gasteiger partial charge on any atom is 0.242 e. The molecule has 0 saturated carbocycles. The van der Waals surface area contributed by atoms with E-state index >= 15 is 0 Å². The van der Waals surface area contributed by atoms with Crippen LogP contribution in [0.2, 0.25) is 10.0 Å². The molecule has 1 atom stereocenters. The topological polar surface area (TPSA) is 86.8 Å². The number of rotatable bonds is 11. The molecule has 2 aromatic carbocycles. The molecular formula is C27H37Cl2N3O4S. The summed E-state index contributed by atoms with van der Waals surface area (Å²) >= 11 is 12.4. The molecule has 1 N–H and O–H groups in total. The Hall–Kier alpha value is -2.29. The van der Waals surface area contributed by atoms with Crippen LogP contribution in [-0.4, -0.2) is 49.5 Å². The molecule has 0 fully saturated rings. The lowest BCUT2D eigenvalue weighted by Crippen LogP contribution is -2.52. The first-order valence-electron chi connectivity index (χ1n) is 12.2. The van der Waals surface area contributed by atoms with Gasteiger partial charge in [0, 0.05) is 35.1 Å². The fourth-order valence-corrected chi connectivity index (χ4v) is 5.23. The number of carbonyl (C=O) groups is 2. The van der Waals surface area contributed by atoms with E-state index in [2.05, 4.69) is 5.32 Å². The fourth-order valence-electron chi connectivity index (χ4n) is 3.79. The molecule has 0 radical (unpaired) electrons. The van der Waals surface area contributed by atoms with Crippen molar-refractivity contribution in [3.8, 4) is 0 Å². The number of nitrogens with one attached hydrogen (secondary N) is 1. The highest BCUT2D eigenvalue weighted by atomic mass is 35.5. The van der Waals surface area contributed by atoms with Gasteiger partial charge in [0.1, 0.15) is 6.04 Å². The lowest BCUT2D eigenvalue weighted by molar-refractivity contribution is -0.141. The summed E-state index contributed by atoms with van der Waals surface area (Å²) in [5.74, 6) is -0.572. The SMILES string of the molecule is CCc1ccc(N(CCCC(=O)N(Cc2ccc(Cl)cc2Cl)[C@H](C)C(=O)NC(C)(C)C)S(C)(=O)=O)cc1. The second-order valence-electron chi connectivity index (χ2n) is 10.1. The largest absolute Gasteiger partial charge is 0.350 e. The molecule has 0 aliphatic carbocycles. The molecule has 0 unspecified atom stereocenters. The van der Waals surface area contributed by atoms with E-state index in [0.29, 0.717) is 21.3 Å². The van der Waals surface area contributed by atoms with Crippen LogP contribution in [-0.2, 0) is 32.6 Å². The van der Waals surface area contributed by atoms with Crippen LogP contribution >= 0.6 is 23.2 Å². The average Bonchev–Trinajstić information content (AvgIpc) is 2.79. The van der Waals surface area contributed by atoms with Crippen LogP contribution in [0.4, 0.5) is 5.69 Å². The van der Waals surface area contributed by atoms with Gasteiger partial charge in [0.15, 0.2) is 0 Å². The lowest BCUT2D eigenvalue weighted by Gasteiger charge is -2.32. The fraction of sp³-hybridized carbons (Fsp3) is 0.481. The van der Waals surface area contributed by atoms with Crippen molar-refractivity contribution in [3.63, 3.8) is 0 Å². The number of aryl methyl sites for hydroxylation is 1. The summed E-state index contributed by atoms with van der Waals surface area (Å²) in [6, 6.07) is 11.6. The second kappa shape index (κ2) is 13.0. The van der Waals surface area contributed by atoms with Gasteiger partial charge >= 0.3 is 0 Å². The third-order valence-corrected chi connectivity index (χ3v) is 7.59. The summed E-state index contributed by atoms with van der Waals surface area (Å²) in [5.41, 5.74) is 1.84. The van der Waals surface area contributed by atoms with Gasteiger partial charge in [0.05, 0.1) is 11.9 Å². The van der Waals surface area contributed by atoms with Crippen molar-refractivity contribution in [3.05, 3.63) is 63.6 Å². The van der Waals surface area contributed by atoms with Crippen LogP contribution in [0.25, 0.3) is 0 Å². The van der Waals surface area contributed by atoms with E-state index in [1.165, 1.54) is 9.21 Å². The van der Waals surface area contributed by atoms with Gasteiger partial charge in [0.2, 0.25) is 21.8 Å². The number of benzene rings is 2. The number of sulfonamides is 1. The van der Waals surface area contributed by atoms with Crippen LogP contribution < -0.4 is 9.62 Å². The molecule has 7 nitrogen and oxygen atoms in total. The molecule has 10 heteroatoms. The van der Waals surface area contributed by atoms with Crippen LogP contribution in [0, 0.1) is 0 Å². The smallest absolute Gasteiger partial charge is 0.242 e. The second-order valence-corrected chi connectivity index (χ2v) is 12.9. The van der Waals surface area contributed by atoms with Gasteiger partial charge in [-0.15, -0.1) is 0 Å². The van der Waals surface area contributed by atoms with Crippen LogP contribution in [0.5, 0.6) is 0 Å². The lowest BCUT2D eigenvalue weighted by atomic mass is 10.1. The molecule has 2 rings (SSSR count). The zero-order valence-electron chi connectivity index (χ0n) is 22.3. The number of halogens is 2. The molecule has 37 heavy (non-hydrogen) atoms. The van der Waals surface area contributed by atoms with Gasteiger partial charge in [-0.05, 0) is 75.9 Å². The van der Waals surface area contributed by atoms with Crippen molar-refractivity contribution < 1.29 is 18.0 Å². The highest BCUT2D eigenvalue weighted by molar-refractivity contribution is 7.92. The van der Waals surface area contributed by atoms with Crippen molar-refractivity contribution in [1.29, 1.82) is 0 Å². The number of hydrogen-bond donors (Lipinski definition) is 1. The van der Waals surface area contributed by atoms with Gasteiger partial charge in [-0.25, -0.2) is 8.42 Å². The minimum atomic E-state index is -3.55. The van der Waals surface area contributed by atoms with Crippen molar-refractivity contribution in [1.82, 2.24) is 10.2 Å². The molecule has 2 aromatic rings. The van der Waals surface area contributed by atoms with E-state index in [4.69, 9.17) is 23.2 Å². The third kappa shape index (κ3) is 9.51. The first kappa shape index (κ1) is 30.9.